The summed E-state index contributed by atoms with van der Waals surface area (Å²) in [7, 11) is 0. The summed E-state index contributed by atoms with van der Waals surface area (Å²) in [6, 6.07) is 4.89. The molecule has 1 saturated carbocycles. The third-order valence-corrected chi connectivity index (χ3v) is 5.61. The van der Waals surface area contributed by atoms with Gasteiger partial charge in [0.1, 0.15) is 5.82 Å². The number of nitrogens with one attached hydrogen (secondary N) is 3. The predicted octanol–water partition coefficient (Wildman–Crippen LogP) is 1.45. The molecule has 1 aromatic carbocycles. The Morgan fingerprint density at radius 3 is 1.96 bits per heavy atom. The Morgan fingerprint density at radius 1 is 0.926 bits per heavy atom. The molecule has 2 unspecified atom stereocenters. The Balaban J connectivity index is 1.74. The van der Waals surface area contributed by atoms with E-state index in [4.69, 9.17) is 0 Å². The molecule has 3 N–H and O–H groups in total. The Hall–Kier alpha value is -2.77. The lowest BCUT2D eigenvalue weighted by Gasteiger charge is -2.53. The van der Waals surface area contributed by atoms with Crippen LogP contribution in [0.15, 0.2) is 24.3 Å². The zero-order valence-corrected chi connectivity index (χ0v) is 15.4. The van der Waals surface area contributed by atoms with Crippen LogP contribution in [0.2, 0.25) is 0 Å². The monoisotopic (exact) mass is 375 g/mol. The highest BCUT2D eigenvalue weighted by Crippen LogP contribution is 2.56. The Morgan fingerprint density at radius 2 is 1.44 bits per heavy atom. The second kappa shape index (κ2) is 6.14. The van der Waals surface area contributed by atoms with E-state index in [0.717, 1.165) is 12.1 Å². The van der Waals surface area contributed by atoms with Gasteiger partial charge in [-0.2, -0.15) is 0 Å². The van der Waals surface area contributed by atoms with Crippen molar-refractivity contribution >= 4 is 23.6 Å². The lowest BCUT2D eigenvalue weighted by Crippen LogP contribution is -2.64. The molecule has 4 amide bonds. The maximum absolute atomic E-state index is 12.9. The first-order valence-electron chi connectivity index (χ1n) is 8.70. The van der Waals surface area contributed by atoms with E-state index >= 15 is 0 Å². The van der Waals surface area contributed by atoms with Crippen LogP contribution in [0.3, 0.4) is 0 Å². The van der Waals surface area contributed by atoms with Gasteiger partial charge in [-0.25, -0.2) is 4.39 Å². The molecule has 3 rings (SSSR count). The van der Waals surface area contributed by atoms with Gasteiger partial charge in [-0.1, -0.05) is 20.8 Å². The molecular formula is C19H22FN3O4. The standard InChI is InChI=1S/C19H22FN3O4/c1-17-8-18(2,15(26)21-14(17)25)10-19(3,9-17)16(27)23-22-13(24)11-4-6-12(20)7-5-11/h4-7H,8-10H2,1-3H3,(H,22,24)(H,23,27)(H,21,25,26). The number of rotatable bonds is 2. The van der Waals surface area contributed by atoms with Gasteiger partial charge in [-0.15, -0.1) is 0 Å². The first-order valence-corrected chi connectivity index (χ1v) is 8.70. The van der Waals surface area contributed by atoms with Crippen molar-refractivity contribution in [3.8, 4) is 0 Å². The molecule has 1 heterocycles. The molecule has 0 spiro atoms. The van der Waals surface area contributed by atoms with Crippen LogP contribution in [0.1, 0.15) is 50.4 Å². The highest BCUT2D eigenvalue weighted by Gasteiger charge is 2.60. The molecule has 27 heavy (non-hydrogen) atoms. The van der Waals surface area contributed by atoms with Crippen molar-refractivity contribution in [2.45, 2.75) is 40.0 Å². The van der Waals surface area contributed by atoms with Crippen molar-refractivity contribution in [2.75, 3.05) is 0 Å². The van der Waals surface area contributed by atoms with Crippen LogP contribution in [0.25, 0.3) is 0 Å². The van der Waals surface area contributed by atoms with Crippen LogP contribution >= 0.6 is 0 Å². The number of fused-ring (bicyclic) bond motifs is 2. The molecule has 2 atom stereocenters. The molecule has 1 saturated heterocycles. The van der Waals surface area contributed by atoms with Gasteiger partial charge in [0, 0.05) is 16.4 Å². The quantitative estimate of drug-likeness (QED) is 0.537. The molecule has 1 aliphatic carbocycles. The maximum Gasteiger partial charge on any atom is 0.269 e. The Bertz CT molecular complexity index is 810. The number of benzene rings is 1. The molecule has 1 aromatic rings. The average molecular weight is 375 g/mol. The van der Waals surface area contributed by atoms with Gasteiger partial charge in [-0.05, 0) is 43.5 Å². The zero-order valence-electron chi connectivity index (χ0n) is 15.4. The summed E-state index contributed by atoms with van der Waals surface area (Å²) < 4.78 is 12.9. The number of imide groups is 1. The van der Waals surface area contributed by atoms with E-state index in [9.17, 15) is 23.6 Å². The van der Waals surface area contributed by atoms with Crippen LogP contribution in [-0.4, -0.2) is 23.6 Å². The van der Waals surface area contributed by atoms with Crippen LogP contribution in [-0.2, 0) is 14.4 Å². The van der Waals surface area contributed by atoms with Gasteiger partial charge in [0.2, 0.25) is 17.7 Å². The number of hydrazine groups is 1. The SMILES string of the molecule is CC1(C(=O)NNC(=O)c2ccc(F)cc2)CC2(C)CC(C)(C1)C(=O)NC2=O. The van der Waals surface area contributed by atoms with E-state index < -0.39 is 33.9 Å². The first-order chi connectivity index (χ1) is 12.5. The zero-order chi connectivity index (χ0) is 20.0. The molecular weight excluding hydrogens is 353 g/mol. The van der Waals surface area contributed by atoms with Crippen LogP contribution in [0, 0.1) is 22.1 Å². The summed E-state index contributed by atoms with van der Waals surface area (Å²) in [6.07, 6.45) is 0.898. The number of halogens is 1. The molecule has 144 valence electrons. The molecule has 2 bridgehead atoms. The number of hydrogen-bond donors (Lipinski definition) is 3. The molecule has 2 aliphatic rings. The number of carbonyl (C=O) groups excluding carboxylic acids is 4. The second-order valence-corrected chi connectivity index (χ2v) is 8.41. The number of hydrogen-bond acceptors (Lipinski definition) is 4. The van der Waals surface area contributed by atoms with Crippen LogP contribution in [0.4, 0.5) is 4.39 Å². The average Bonchev–Trinajstić information content (AvgIpc) is 2.57. The Labute approximate surface area is 156 Å². The minimum Gasteiger partial charge on any atom is -0.296 e. The van der Waals surface area contributed by atoms with Gasteiger partial charge in [0.05, 0.1) is 5.41 Å². The lowest BCUT2D eigenvalue weighted by molar-refractivity contribution is -0.164. The fourth-order valence-electron chi connectivity index (χ4n) is 4.60. The minimum atomic E-state index is -1.01. The van der Waals surface area contributed by atoms with Gasteiger partial charge >= 0.3 is 0 Å². The third-order valence-electron chi connectivity index (χ3n) is 5.61. The first kappa shape index (κ1) is 19.0. The maximum atomic E-state index is 12.9. The van der Waals surface area contributed by atoms with Crippen molar-refractivity contribution in [1.82, 2.24) is 16.2 Å². The normalized spacial score (nSPS) is 32.4. The smallest absolute Gasteiger partial charge is 0.269 e. The van der Waals surface area contributed by atoms with Crippen molar-refractivity contribution in [3.05, 3.63) is 35.6 Å². The highest BCUT2D eigenvalue weighted by atomic mass is 19.1. The number of carbonyl (C=O) groups is 4. The van der Waals surface area contributed by atoms with E-state index in [1.807, 2.05) is 0 Å². The van der Waals surface area contributed by atoms with E-state index in [-0.39, 0.29) is 30.2 Å². The van der Waals surface area contributed by atoms with E-state index in [2.05, 4.69) is 16.2 Å². The summed E-state index contributed by atoms with van der Waals surface area (Å²) in [4.78, 5) is 49.5. The van der Waals surface area contributed by atoms with Gasteiger partial charge in [-0.3, -0.25) is 35.3 Å². The van der Waals surface area contributed by atoms with Crippen molar-refractivity contribution in [1.29, 1.82) is 0 Å². The lowest BCUT2D eigenvalue weighted by atomic mass is 9.52. The number of piperidine rings is 1. The summed E-state index contributed by atoms with van der Waals surface area (Å²) in [5.74, 6) is -2.29. The minimum absolute atomic E-state index is 0.191. The number of amides is 4. The summed E-state index contributed by atoms with van der Waals surface area (Å²) in [5, 5.41) is 2.41. The predicted molar refractivity (Wildman–Crippen MR) is 93.3 cm³/mol. The fraction of sp³-hybridized carbons (Fsp3) is 0.474. The summed E-state index contributed by atoms with van der Waals surface area (Å²) in [5.41, 5.74) is 2.19. The van der Waals surface area contributed by atoms with Crippen molar-refractivity contribution in [2.24, 2.45) is 16.2 Å². The van der Waals surface area contributed by atoms with E-state index in [0.29, 0.717) is 6.42 Å². The largest absolute Gasteiger partial charge is 0.296 e. The van der Waals surface area contributed by atoms with Crippen molar-refractivity contribution in [3.63, 3.8) is 0 Å². The molecule has 2 fully saturated rings. The van der Waals surface area contributed by atoms with Gasteiger partial charge in [0.25, 0.3) is 5.91 Å². The Kier molecular flexibility index (Phi) is 4.32. The van der Waals surface area contributed by atoms with Crippen LogP contribution in [0.5, 0.6) is 0 Å². The van der Waals surface area contributed by atoms with E-state index in [1.54, 1.807) is 20.8 Å². The summed E-state index contributed by atoms with van der Waals surface area (Å²) >= 11 is 0. The van der Waals surface area contributed by atoms with Crippen molar-refractivity contribution < 1.29 is 23.6 Å². The molecule has 1 aliphatic heterocycles. The molecule has 7 nitrogen and oxygen atoms in total. The fourth-order valence-corrected chi connectivity index (χ4v) is 4.60. The molecule has 0 aromatic heterocycles. The van der Waals surface area contributed by atoms with Gasteiger partial charge in [0.15, 0.2) is 0 Å². The molecule has 0 radical (unpaired) electrons. The second-order valence-electron chi connectivity index (χ2n) is 8.41. The topological polar surface area (TPSA) is 104 Å². The van der Waals surface area contributed by atoms with E-state index in [1.165, 1.54) is 12.1 Å². The highest BCUT2D eigenvalue weighted by molar-refractivity contribution is 6.04. The van der Waals surface area contributed by atoms with Gasteiger partial charge < -0.3 is 0 Å². The summed E-state index contributed by atoms with van der Waals surface area (Å²) in [6.45, 7) is 5.18. The van der Waals surface area contributed by atoms with Crippen LogP contribution < -0.4 is 16.2 Å². The molecule has 8 heteroatoms. The third kappa shape index (κ3) is 3.31.